The second-order valence-corrected chi connectivity index (χ2v) is 6.80. The normalized spacial score (nSPS) is 17.7. The van der Waals surface area contributed by atoms with Crippen LogP contribution in [0, 0.1) is 11.7 Å². The number of aliphatic carboxylic acids is 1. The Balaban J connectivity index is 1.67. The third-order valence-corrected chi connectivity index (χ3v) is 4.95. The van der Waals surface area contributed by atoms with Crippen molar-refractivity contribution in [2.45, 2.75) is 19.3 Å². The molecule has 0 spiro atoms. The Morgan fingerprint density at radius 2 is 2.08 bits per heavy atom. The molecule has 0 unspecified atom stereocenters. The molecule has 24 heavy (non-hydrogen) atoms. The van der Waals surface area contributed by atoms with Gasteiger partial charge in [0.25, 0.3) is 5.91 Å². The molecule has 1 fully saturated rings. The minimum absolute atomic E-state index is 0.220. The van der Waals surface area contributed by atoms with Crippen LogP contribution in [-0.4, -0.2) is 40.0 Å². The molecule has 0 radical (unpaired) electrons. The number of likely N-dealkylation sites (tertiary alicyclic amines) is 1. The standard InChI is InChI=1S/C17H17FN2O3S/c18-13-5-3-11(4-6-13)8-15-19-14(10-24-15)16(21)20-7-1-2-12(9-20)17(22)23/h3-6,10,12H,1-2,7-9H2,(H,22,23)/t12-/m0/s1. The second kappa shape index (κ2) is 7.09. The number of halogens is 1. The van der Waals surface area contributed by atoms with Gasteiger partial charge >= 0.3 is 5.97 Å². The van der Waals surface area contributed by atoms with Crippen molar-refractivity contribution in [3.8, 4) is 0 Å². The van der Waals surface area contributed by atoms with Gasteiger partial charge in [-0.25, -0.2) is 9.37 Å². The van der Waals surface area contributed by atoms with Crippen LogP contribution in [0.2, 0.25) is 0 Å². The highest BCUT2D eigenvalue weighted by Crippen LogP contribution is 2.21. The highest BCUT2D eigenvalue weighted by atomic mass is 32.1. The summed E-state index contributed by atoms with van der Waals surface area (Å²) in [5, 5.41) is 11.6. The molecule has 3 rings (SSSR count). The minimum atomic E-state index is -0.859. The number of amides is 1. The number of hydrogen-bond donors (Lipinski definition) is 1. The SMILES string of the molecule is O=C(O)[C@H]1CCCN(C(=O)c2csc(Cc3ccc(F)cc3)n2)C1. The lowest BCUT2D eigenvalue weighted by atomic mass is 9.98. The fourth-order valence-corrected chi connectivity index (χ4v) is 3.59. The molecular weight excluding hydrogens is 331 g/mol. The van der Waals surface area contributed by atoms with E-state index in [1.807, 2.05) is 0 Å². The van der Waals surface area contributed by atoms with Crippen molar-refractivity contribution in [2.24, 2.45) is 5.92 Å². The van der Waals surface area contributed by atoms with Gasteiger partial charge in [-0.2, -0.15) is 0 Å². The van der Waals surface area contributed by atoms with Crippen LogP contribution in [0.15, 0.2) is 29.6 Å². The molecular formula is C17H17FN2O3S. The van der Waals surface area contributed by atoms with E-state index in [0.29, 0.717) is 31.5 Å². The summed E-state index contributed by atoms with van der Waals surface area (Å²) < 4.78 is 12.9. The summed E-state index contributed by atoms with van der Waals surface area (Å²) in [5.41, 5.74) is 1.27. The van der Waals surface area contributed by atoms with Crippen molar-refractivity contribution in [3.05, 3.63) is 51.7 Å². The van der Waals surface area contributed by atoms with E-state index in [0.717, 1.165) is 10.6 Å². The number of hydrogen-bond acceptors (Lipinski definition) is 4. The van der Waals surface area contributed by atoms with Gasteiger partial charge in [-0.05, 0) is 30.5 Å². The highest BCUT2D eigenvalue weighted by Gasteiger charge is 2.29. The maximum atomic E-state index is 12.9. The van der Waals surface area contributed by atoms with Crippen LogP contribution in [0.1, 0.15) is 33.9 Å². The molecule has 7 heteroatoms. The smallest absolute Gasteiger partial charge is 0.308 e. The maximum absolute atomic E-state index is 12.9. The van der Waals surface area contributed by atoms with Gasteiger partial charge in [-0.15, -0.1) is 11.3 Å². The Hall–Kier alpha value is -2.28. The van der Waals surface area contributed by atoms with Crippen LogP contribution in [0.25, 0.3) is 0 Å². The summed E-state index contributed by atoms with van der Waals surface area (Å²) in [6, 6.07) is 6.18. The molecule has 2 aromatic rings. The third kappa shape index (κ3) is 3.79. The molecule has 126 valence electrons. The lowest BCUT2D eigenvalue weighted by molar-refractivity contribution is -0.143. The van der Waals surface area contributed by atoms with Gasteiger partial charge in [0.1, 0.15) is 11.5 Å². The lowest BCUT2D eigenvalue weighted by Crippen LogP contribution is -2.42. The Kier molecular flexibility index (Phi) is 4.89. The van der Waals surface area contributed by atoms with E-state index < -0.39 is 11.9 Å². The fourth-order valence-electron chi connectivity index (χ4n) is 2.79. The van der Waals surface area contributed by atoms with Crippen LogP contribution < -0.4 is 0 Å². The maximum Gasteiger partial charge on any atom is 0.308 e. The largest absolute Gasteiger partial charge is 0.481 e. The van der Waals surface area contributed by atoms with E-state index in [1.54, 1.807) is 22.4 Å². The van der Waals surface area contributed by atoms with Crippen molar-refractivity contribution in [3.63, 3.8) is 0 Å². The number of aromatic nitrogens is 1. The molecule has 0 aliphatic carbocycles. The molecule has 1 N–H and O–H groups in total. The predicted molar refractivity (Wildman–Crippen MR) is 87.6 cm³/mol. The lowest BCUT2D eigenvalue weighted by Gasteiger charge is -2.30. The van der Waals surface area contributed by atoms with Gasteiger partial charge in [0.15, 0.2) is 0 Å². The number of thiazole rings is 1. The van der Waals surface area contributed by atoms with E-state index in [2.05, 4.69) is 4.98 Å². The number of carboxylic acids is 1. The number of benzene rings is 1. The first kappa shape index (κ1) is 16.6. The molecule has 1 aliphatic heterocycles. The molecule has 1 aliphatic rings. The number of rotatable bonds is 4. The van der Waals surface area contributed by atoms with Gasteiger partial charge in [0.2, 0.25) is 0 Å². The topological polar surface area (TPSA) is 70.5 Å². The first-order valence-corrected chi connectivity index (χ1v) is 8.62. The molecule has 2 heterocycles. The summed E-state index contributed by atoms with van der Waals surface area (Å²) in [4.78, 5) is 29.5. The summed E-state index contributed by atoms with van der Waals surface area (Å²) in [6.07, 6.45) is 1.83. The number of nitrogens with zero attached hydrogens (tertiary/aromatic N) is 2. The Morgan fingerprint density at radius 1 is 1.33 bits per heavy atom. The zero-order valence-electron chi connectivity index (χ0n) is 12.9. The average Bonchev–Trinajstić information content (AvgIpc) is 3.05. The number of carbonyl (C=O) groups is 2. The number of carbonyl (C=O) groups excluding carboxylic acids is 1. The van der Waals surface area contributed by atoms with Crippen molar-refractivity contribution in [1.82, 2.24) is 9.88 Å². The molecule has 0 saturated carbocycles. The van der Waals surface area contributed by atoms with Crippen LogP contribution in [-0.2, 0) is 11.2 Å². The quantitative estimate of drug-likeness (QED) is 0.922. The van der Waals surface area contributed by atoms with Gasteiger partial charge in [0, 0.05) is 24.9 Å². The predicted octanol–water partition coefficient (Wildman–Crippen LogP) is 2.81. The monoisotopic (exact) mass is 348 g/mol. The second-order valence-electron chi connectivity index (χ2n) is 5.86. The van der Waals surface area contributed by atoms with Crippen LogP contribution in [0.3, 0.4) is 0 Å². The van der Waals surface area contributed by atoms with Gasteiger partial charge in [-0.3, -0.25) is 9.59 Å². The van der Waals surface area contributed by atoms with E-state index in [4.69, 9.17) is 5.11 Å². The minimum Gasteiger partial charge on any atom is -0.481 e. The van der Waals surface area contributed by atoms with Crippen LogP contribution in [0.5, 0.6) is 0 Å². The van der Waals surface area contributed by atoms with Gasteiger partial charge in [0.05, 0.1) is 10.9 Å². The van der Waals surface area contributed by atoms with E-state index in [-0.39, 0.29) is 18.3 Å². The molecule has 1 saturated heterocycles. The average molecular weight is 348 g/mol. The van der Waals surface area contributed by atoms with Crippen LogP contribution >= 0.6 is 11.3 Å². The zero-order chi connectivity index (χ0) is 17.1. The molecule has 0 bridgehead atoms. The first-order valence-electron chi connectivity index (χ1n) is 7.74. The van der Waals surface area contributed by atoms with E-state index >= 15 is 0 Å². The first-order chi connectivity index (χ1) is 11.5. The third-order valence-electron chi connectivity index (χ3n) is 4.10. The molecule has 1 aromatic carbocycles. The van der Waals surface area contributed by atoms with Crippen molar-refractivity contribution >= 4 is 23.2 Å². The number of carboxylic acid groups (broad SMARTS) is 1. The van der Waals surface area contributed by atoms with Crippen molar-refractivity contribution in [1.29, 1.82) is 0 Å². The zero-order valence-corrected chi connectivity index (χ0v) is 13.8. The van der Waals surface area contributed by atoms with Crippen molar-refractivity contribution < 1.29 is 19.1 Å². The Morgan fingerprint density at radius 3 is 2.79 bits per heavy atom. The van der Waals surface area contributed by atoms with Crippen LogP contribution in [0.4, 0.5) is 4.39 Å². The molecule has 1 aromatic heterocycles. The highest BCUT2D eigenvalue weighted by molar-refractivity contribution is 7.09. The molecule has 5 nitrogen and oxygen atoms in total. The summed E-state index contributed by atoms with van der Waals surface area (Å²) >= 11 is 1.38. The summed E-state index contributed by atoms with van der Waals surface area (Å²) in [7, 11) is 0. The van der Waals surface area contributed by atoms with Gasteiger partial charge < -0.3 is 10.0 Å². The Bertz CT molecular complexity index is 745. The van der Waals surface area contributed by atoms with E-state index in [9.17, 15) is 14.0 Å². The fraction of sp³-hybridized carbons (Fsp3) is 0.353. The molecule has 1 atom stereocenters. The summed E-state index contributed by atoms with van der Waals surface area (Å²) in [5.74, 6) is -1.86. The summed E-state index contributed by atoms with van der Waals surface area (Å²) in [6.45, 7) is 0.798. The molecule has 1 amide bonds. The number of piperidine rings is 1. The van der Waals surface area contributed by atoms with E-state index in [1.165, 1.54) is 23.5 Å². The van der Waals surface area contributed by atoms with Gasteiger partial charge in [-0.1, -0.05) is 12.1 Å². The Labute approximate surface area is 142 Å². The van der Waals surface area contributed by atoms with Crippen molar-refractivity contribution in [2.75, 3.05) is 13.1 Å².